The van der Waals surface area contributed by atoms with Crippen molar-refractivity contribution in [3.05, 3.63) is 28.2 Å². The topological polar surface area (TPSA) is 24.5 Å². The van der Waals surface area contributed by atoms with Crippen LogP contribution in [-0.4, -0.2) is 38.2 Å². The van der Waals surface area contributed by atoms with Gasteiger partial charge in [0.2, 0.25) is 0 Å². The van der Waals surface area contributed by atoms with Crippen LogP contribution in [0.25, 0.3) is 0 Å². The summed E-state index contributed by atoms with van der Waals surface area (Å²) in [5, 5.41) is 3.43. The molecule has 0 bridgehead atoms. The Hall–Kier alpha value is -0.000000000000000111. The van der Waals surface area contributed by atoms with E-state index in [4.69, 9.17) is 4.74 Å². The van der Waals surface area contributed by atoms with Crippen LogP contribution in [0, 0.1) is 5.41 Å². The molecule has 22 heavy (non-hydrogen) atoms. The molecular weight excluding hydrogens is 387 g/mol. The fraction of sp³-hybridized carbons (Fsp3) is 0.625. The highest BCUT2D eigenvalue weighted by Gasteiger charge is 2.32. The van der Waals surface area contributed by atoms with Crippen molar-refractivity contribution in [1.29, 1.82) is 0 Å². The number of hydrogen-bond acceptors (Lipinski definition) is 3. The third kappa shape index (κ3) is 5.27. The fourth-order valence-corrected chi connectivity index (χ4v) is 3.61. The molecule has 1 aromatic rings. The molecule has 1 fully saturated rings. The normalized spacial score (nSPS) is 17.1. The van der Waals surface area contributed by atoms with Gasteiger partial charge in [0, 0.05) is 32.2 Å². The van der Waals surface area contributed by atoms with Crippen LogP contribution in [0.4, 0.5) is 0 Å². The number of benzene rings is 1. The second kappa shape index (κ2) is 9.33. The third-order valence-electron chi connectivity index (χ3n) is 3.83. The molecule has 1 N–H and O–H groups in total. The highest BCUT2D eigenvalue weighted by Crippen LogP contribution is 2.40. The van der Waals surface area contributed by atoms with Gasteiger partial charge in [-0.15, -0.1) is 24.8 Å². The average Bonchev–Trinajstić information content (AvgIpc) is 2.39. The Morgan fingerprint density at radius 2 is 1.77 bits per heavy atom. The van der Waals surface area contributed by atoms with Gasteiger partial charge in [0.15, 0.2) is 0 Å². The minimum atomic E-state index is 0. The lowest BCUT2D eigenvalue weighted by Gasteiger charge is -2.42. The number of ether oxygens (including phenoxy) is 1. The molecule has 1 aliphatic heterocycles. The van der Waals surface area contributed by atoms with Gasteiger partial charge in [-0.2, -0.15) is 0 Å². The Bertz CT molecular complexity index is 460. The predicted molar refractivity (Wildman–Crippen MR) is 102 cm³/mol. The standard InChI is InChI=1S/C16H25BrN2O.2ClH/c1-16(2,3)15(19-9-7-18-8-10-19)12-5-6-14(20-4)13(17)11-12;;/h5-6,11,15,18H,7-10H2,1-4H3;2*1H/t15-;;/m0../s1. The zero-order chi connectivity index (χ0) is 14.8. The van der Waals surface area contributed by atoms with Gasteiger partial charge in [-0.25, -0.2) is 0 Å². The number of piperazine rings is 1. The SMILES string of the molecule is COc1ccc([C@H](N2CCNCC2)C(C)(C)C)cc1Br.Cl.Cl. The van der Waals surface area contributed by atoms with Gasteiger partial charge in [0.1, 0.15) is 5.75 Å². The van der Waals surface area contributed by atoms with Crippen LogP contribution >= 0.6 is 40.7 Å². The van der Waals surface area contributed by atoms with Crippen molar-refractivity contribution in [3.8, 4) is 5.75 Å². The molecule has 0 aromatic heterocycles. The fourth-order valence-electron chi connectivity index (χ4n) is 3.05. The molecule has 6 heteroatoms. The number of nitrogens with one attached hydrogen (secondary N) is 1. The predicted octanol–water partition coefficient (Wildman–Crippen LogP) is 4.29. The van der Waals surface area contributed by atoms with Gasteiger partial charge in [-0.3, -0.25) is 4.90 Å². The second-order valence-corrected chi connectivity index (χ2v) is 7.30. The van der Waals surface area contributed by atoms with Crippen molar-refractivity contribution < 1.29 is 4.74 Å². The maximum atomic E-state index is 5.34. The van der Waals surface area contributed by atoms with Crippen molar-refractivity contribution in [3.63, 3.8) is 0 Å². The molecule has 0 saturated carbocycles. The summed E-state index contributed by atoms with van der Waals surface area (Å²) in [6.07, 6.45) is 0. The van der Waals surface area contributed by atoms with Crippen LogP contribution < -0.4 is 10.1 Å². The first-order valence-corrected chi connectivity index (χ1v) is 8.01. The Labute approximate surface area is 155 Å². The van der Waals surface area contributed by atoms with Gasteiger partial charge in [-0.05, 0) is 39.0 Å². The molecule has 1 heterocycles. The smallest absolute Gasteiger partial charge is 0.133 e. The van der Waals surface area contributed by atoms with E-state index in [1.807, 2.05) is 0 Å². The lowest BCUT2D eigenvalue weighted by atomic mass is 9.81. The first kappa shape index (κ1) is 22.0. The van der Waals surface area contributed by atoms with E-state index in [1.165, 1.54) is 5.56 Å². The number of hydrogen-bond donors (Lipinski definition) is 1. The zero-order valence-corrected chi connectivity index (χ0v) is 16.9. The number of methoxy groups -OCH3 is 1. The summed E-state index contributed by atoms with van der Waals surface area (Å²) in [6.45, 7) is 11.3. The largest absolute Gasteiger partial charge is 0.496 e. The van der Waals surface area contributed by atoms with Crippen molar-refractivity contribution >= 4 is 40.7 Å². The minimum Gasteiger partial charge on any atom is -0.496 e. The molecule has 1 aliphatic rings. The van der Waals surface area contributed by atoms with Crippen LogP contribution in [0.15, 0.2) is 22.7 Å². The van der Waals surface area contributed by atoms with Gasteiger partial charge in [0.05, 0.1) is 11.6 Å². The van der Waals surface area contributed by atoms with Crippen LogP contribution in [0.1, 0.15) is 32.4 Å². The molecule has 0 radical (unpaired) electrons. The molecule has 1 saturated heterocycles. The summed E-state index contributed by atoms with van der Waals surface area (Å²) in [6, 6.07) is 6.88. The van der Waals surface area contributed by atoms with Crippen LogP contribution in [-0.2, 0) is 0 Å². The van der Waals surface area contributed by atoms with E-state index in [0.29, 0.717) is 6.04 Å². The molecule has 0 spiro atoms. The molecule has 0 amide bonds. The Morgan fingerprint density at radius 3 is 2.23 bits per heavy atom. The Morgan fingerprint density at radius 1 is 1.18 bits per heavy atom. The number of rotatable bonds is 3. The minimum absolute atomic E-state index is 0. The summed E-state index contributed by atoms with van der Waals surface area (Å²) < 4.78 is 6.37. The maximum Gasteiger partial charge on any atom is 0.133 e. The van der Waals surface area contributed by atoms with E-state index in [1.54, 1.807) is 7.11 Å². The van der Waals surface area contributed by atoms with Crippen molar-refractivity contribution in [2.75, 3.05) is 33.3 Å². The summed E-state index contributed by atoms with van der Waals surface area (Å²) >= 11 is 3.61. The lowest BCUT2D eigenvalue weighted by Crippen LogP contribution is -2.48. The van der Waals surface area contributed by atoms with Gasteiger partial charge >= 0.3 is 0 Å². The lowest BCUT2D eigenvalue weighted by molar-refractivity contribution is 0.0861. The van der Waals surface area contributed by atoms with E-state index < -0.39 is 0 Å². The van der Waals surface area contributed by atoms with Crippen molar-refractivity contribution in [2.45, 2.75) is 26.8 Å². The highest BCUT2D eigenvalue weighted by atomic mass is 79.9. The summed E-state index contributed by atoms with van der Waals surface area (Å²) in [4.78, 5) is 2.59. The summed E-state index contributed by atoms with van der Waals surface area (Å²) in [5.41, 5.74) is 1.55. The van der Waals surface area contributed by atoms with Gasteiger partial charge in [0.25, 0.3) is 0 Å². The third-order valence-corrected chi connectivity index (χ3v) is 4.45. The van der Waals surface area contributed by atoms with Crippen LogP contribution in [0.5, 0.6) is 5.75 Å². The summed E-state index contributed by atoms with van der Waals surface area (Å²) in [5.74, 6) is 0.890. The van der Waals surface area contributed by atoms with E-state index in [2.05, 4.69) is 65.1 Å². The molecule has 0 aliphatic carbocycles. The van der Waals surface area contributed by atoms with E-state index >= 15 is 0 Å². The van der Waals surface area contributed by atoms with Gasteiger partial charge < -0.3 is 10.1 Å². The molecule has 3 nitrogen and oxygen atoms in total. The maximum absolute atomic E-state index is 5.34. The second-order valence-electron chi connectivity index (χ2n) is 6.45. The number of halogens is 3. The molecule has 1 aromatic carbocycles. The van der Waals surface area contributed by atoms with Crippen LogP contribution in [0.2, 0.25) is 0 Å². The molecule has 1 atom stereocenters. The van der Waals surface area contributed by atoms with Crippen molar-refractivity contribution in [1.82, 2.24) is 10.2 Å². The molecular formula is C16H27BrCl2N2O. The Kier molecular flexibility index (Phi) is 9.33. The first-order valence-electron chi connectivity index (χ1n) is 7.21. The number of nitrogens with zero attached hydrogens (tertiary/aromatic N) is 1. The van der Waals surface area contributed by atoms with E-state index in [9.17, 15) is 0 Å². The molecule has 0 unspecified atom stereocenters. The van der Waals surface area contributed by atoms with Crippen molar-refractivity contribution in [2.24, 2.45) is 5.41 Å². The molecule has 128 valence electrons. The van der Waals surface area contributed by atoms with Gasteiger partial charge in [-0.1, -0.05) is 26.8 Å². The van der Waals surface area contributed by atoms with E-state index in [0.717, 1.165) is 36.4 Å². The first-order chi connectivity index (χ1) is 9.43. The summed E-state index contributed by atoms with van der Waals surface area (Å²) in [7, 11) is 1.71. The Balaban J connectivity index is 0.00000220. The van der Waals surface area contributed by atoms with E-state index in [-0.39, 0.29) is 30.2 Å². The highest BCUT2D eigenvalue weighted by molar-refractivity contribution is 9.10. The average molecular weight is 414 g/mol. The van der Waals surface area contributed by atoms with Crippen LogP contribution in [0.3, 0.4) is 0 Å². The monoisotopic (exact) mass is 412 g/mol. The quantitative estimate of drug-likeness (QED) is 0.799. The molecule has 2 rings (SSSR count). The zero-order valence-electron chi connectivity index (χ0n) is 13.7.